The van der Waals surface area contributed by atoms with Crippen LogP contribution in [0.25, 0.3) is 10.1 Å². The number of carbonyl (C=O) groups is 1. The monoisotopic (exact) mass is 254 g/mol. The van der Waals surface area contributed by atoms with Crippen molar-refractivity contribution in [3.63, 3.8) is 0 Å². The van der Waals surface area contributed by atoms with Crippen LogP contribution < -0.4 is 5.32 Å². The summed E-state index contributed by atoms with van der Waals surface area (Å²) in [6, 6.07) is 5.55. The summed E-state index contributed by atoms with van der Waals surface area (Å²) in [4.78, 5) is 11.5. The van der Waals surface area contributed by atoms with Gasteiger partial charge in [-0.15, -0.1) is 0 Å². The molecule has 2 rings (SSSR count). The third kappa shape index (κ3) is 2.33. The number of nitrogens with one attached hydrogen (secondary N) is 1. The fraction of sp³-hybridized carbons (Fsp3) is 0.273. The highest BCUT2D eigenvalue weighted by Gasteiger charge is 2.09. The zero-order valence-electron chi connectivity index (χ0n) is 8.79. The van der Waals surface area contributed by atoms with Gasteiger partial charge >= 0.3 is 0 Å². The average molecular weight is 255 g/mol. The molecule has 1 heterocycles. The molecule has 0 fully saturated rings. The Bertz CT molecular complexity index is 524. The number of hydrogen-bond acceptors (Lipinski definition) is 3. The first kappa shape index (κ1) is 11.4. The highest BCUT2D eigenvalue weighted by molar-refractivity contribution is 7.13. The van der Waals surface area contributed by atoms with Crippen LogP contribution in [0.15, 0.2) is 18.2 Å². The molecule has 0 unspecified atom stereocenters. The Kier molecular flexibility index (Phi) is 3.41. The molecule has 1 aromatic carbocycles. The van der Waals surface area contributed by atoms with Crippen LogP contribution in [0.5, 0.6) is 0 Å². The van der Waals surface area contributed by atoms with E-state index in [0.717, 1.165) is 16.5 Å². The van der Waals surface area contributed by atoms with Crippen LogP contribution in [0.1, 0.15) is 19.8 Å². The Morgan fingerprint density at radius 2 is 2.38 bits per heavy atom. The maximum atomic E-state index is 11.5. The maximum Gasteiger partial charge on any atom is 0.225 e. The van der Waals surface area contributed by atoms with Gasteiger partial charge in [-0.2, -0.15) is 4.37 Å². The van der Waals surface area contributed by atoms with E-state index in [4.69, 9.17) is 11.6 Å². The smallest absolute Gasteiger partial charge is 0.225 e. The van der Waals surface area contributed by atoms with Gasteiger partial charge in [0.15, 0.2) is 5.82 Å². The molecular formula is C11H11ClN2OS. The van der Waals surface area contributed by atoms with E-state index in [1.54, 1.807) is 0 Å². The van der Waals surface area contributed by atoms with Crippen LogP contribution in [0, 0.1) is 0 Å². The lowest BCUT2D eigenvalue weighted by Crippen LogP contribution is -2.10. The zero-order valence-corrected chi connectivity index (χ0v) is 10.4. The van der Waals surface area contributed by atoms with Crippen molar-refractivity contribution in [1.29, 1.82) is 0 Å². The molecule has 84 valence electrons. The second-order valence-corrected chi connectivity index (χ2v) is 4.71. The largest absolute Gasteiger partial charge is 0.309 e. The molecule has 1 N–H and O–H groups in total. The summed E-state index contributed by atoms with van der Waals surface area (Å²) >= 11 is 7.27. The summed E-state index contributed by atoms with van der Waals surface area (Å²) in [7, 11) is 0. The Balaban J connectivity index is 2.30. The number of benzene rings is 1. The molecule has 5 heteroatoms. The summed E-state index contributed by atoms with van der Waals surface area (Å²) in [5.41, 5.74) is 0. The first-order chi connectivity index (χ1) is 7.70. The molecule has 16 heavy (non-hydrogen) atoms. The molecule has 0 aliphatic heterocycles. The molecule has 3 nitrogen and oxygen atoms in total. The highest BCUT2D eigenvalue weighted by atomic mass is 35.5. The quantitative estimate of drug-likeness (QED) is 0.908. The maximum absolute atomic E-state index is 11.5. The molecule has 0 atom stereocenters. The number of amides is 1. The van der Waals surface area contributed by atoms with E-state index in [9.17, 15) is 4.79 Å². The fourth-order valence-corrected chi connectivity index (χ4v) is 2.31. The van der Waals surface area contributed by atoms with Crippen molar-refractivity contribution in [2.45, 2.75) is 19.8 Å². The number of rotatable bonds is 3. The van der Waals surface area contributed by atoms with E-state index >= 15 is 0 Å². The summed E-state index contributed by atoms with van der Waals surface area (Å²) in [5.74, 6) is 0.607. The van der Waals surface area contributed by atoms with Gasteiger partial charge in [-0.25, -0.2) is 0 Å². The molecule has 0 radical (unpaired) electrons. The molecule has 0 saturated carbocycles. The molecule has 0 aliphatic carbocycles. The molecule has 0 saturated heterocycles. The molecule has 0 aliphatic rings. The van der Waals surface area contributed by atoms with Crippen molar-refractivity contribution in [2.24, 2.45) is 0 Å². The number of halogens is 1. The van der Waals surface area contributed by atoms with E-state index < -0.39 is 0 Å². The van der Waals surface area contributed by atoms with Crippen LogP contribution in [-0.4, -0.2) is 10.3 Å². The van der Waals surface area contributed by atoms with Crippen molar-refractivity contribution in [2.75, 3.05) is 5.32 Å². The van der Waals surface area contributed by atoms with Crippen LogP contribution in [0.3, 0.4) is 0 Å². The molecular weight excluding hydrogens is 244 g/mol. The summed E-state index contributed by atoms with van der Waals surface area (Å²) < 4.78 is 5.23. The number of carbonyl (C=O) groups excluding carboxylic acids is 1. The second-order valence-electron chi connectivity index (χ2n) is 3.47. The Hall–Kier alpha value is -1.13. The topological polar surface area (TPSA) is 42.0 Å². The van der Waals surface area contributed by atoms with Crippen molar-refractivity contribution < 1.29 is 4.79 Å². The van der Waals surface area contributed by atoms with Gasteiger partial charge in [0.2, 0.25) is 5.91 Å². The van der Waals surface area contributed by atoms with E-state index in [0.29, 0.717) is 17.3 Å². The summed E-state index contributed by atoms with van der Waals surface area (Å²) in [6.45, 7) is 1.97. The lowest BCUT2D eigenvalue weighted by Gasteiger charge is -2.00. The fourth-order valence-electron chi connectivity index (χ4n) is 1.42. The minimum atomic E-state index is -0.00493. The van der Waals surface area contributed by atoms with Crippen LogP contribution in [-0.2, 0) is 4.79 Å². The van der Waals surface area contributed by atoms with Crippen LogP contribution in [0.2, 0.25) is 5.02 Å². The van der Waals surface area contributed by atoms with E-state index in [1.165, 1.54) is 11.5 Å². The van der Waals surface area contributed by atoms with Crippen molar-refractivity contribution in [3.8, 4) is 0 Å². The van der Waals surface area contributed by atoms with E-state index in [-0.39, 0.29) is 5.91 Å². The summed E-state index contributed by atoms with van der Waals surface area (Å²) in [5, 5.41) is 4.35. The third-order valence-electron chi connectivity index (χ3n) is 2.17. The van der Waals surface area contributed by atoms with Crippen LogP contribution in [0.4, 0.5) is 5.82 Å². The minimum absolute atomic E-state index is 0.00493. The van der Waals surface area contributed by atoms with Gasteiger partial charge < -0.3 is 5.32 Å². The SMILES string of the molecule is CCCC(=O)Nc1nsc2ccc(Cl)cc12. The van der Waals surface area contributed by atoms with Crippen molar-refractivity contribution in [1.82, 2.24) is 4.37 Å². The van der Waals surface area contributed by atoms with Gasteiger partial charge in [-0.1, -0.05) is 18.5 Å². The van der Waals surface area contributed by atoms with Crippen molar-refractivity contribution >= 4 is 44.9 Å². The van der Waals surface area contributed by atoms with Crippen molar-refractivity contribution in [3.05, 3.63) is 23.2 Å². The Morgan fingerprint density at radius 1 is 1.56 bits per heavy atom. The molecule has 2 aromatic rings. The minimum Gasteiger partial charge on any atom is -0.309 e. The van der Waals surface area contributed by atoms with Gasteiger partial charge in [-0.05, 0) is 36.2 Å². The molecule has 1 amide bonds. The van der Waals surface area contributed by atoms with Gasteiger partial charge in [0, 0.05) is 16.8 Å². The second kappa shape index (κ2) is 4.80. The first-order valence-electron chi connectivity index (χ1n) is 5.05. The van der Waals surface area contributed by atoms with Gasteiger partial charge in [0.1, 0.15) is 0 Å². The molecule has 1 aromatic heterocycles. The van der Waals surface area contributed by atoms with Gasteiger partial charge in [0.25, 0.3) is 0 Å². The predicted octanol–water partition coefficient (Wildman–Crippen LogP) is 3.69. The Morgan fingerprint density at radius 3 is 3.12 bits per heavy atom. The first-order valence-corrected chi connectivity index (χ1v) is 6.20. The number of aromatic nitrogens is 1. The molecule has 0 spiro atoms. The Labute approximate surface area is 103 Å². The highest BCUT2D eigenvalue weighted by Crippen LogP contribution is 2.29. The normalized spacial score (nSPS) is 10.6. The number of anilines is 1. The van der Waals surface area contributed by atoms with Crippen LogP contribution >= 0.6 is 23.1 Å². The lowest BCUT2D eigenvalue weighted by molar-refractivity contribution is -0.116. The molecule has 0 bridgehead atoms. The number of fused-ring (bicyclic) bond motifs is 1. The standard InChI is InChI=1S/C11H11ClN2OS/c1-2-3-10(15)13-11-8-6-7(12)4-5-9(8)16-14-11/h4-6H,2-3H2,1H3,(H,13,14,15). The zero-order chi connectivity index (χ0) is 11.5. The summed E-state index contributed by atoms with van der Waals surface area (Å²) in [6.07, 6.45) is 1.34. The van der Waals surface area contributed by atoms with E-state index in [1.807, 2.05) is 25.1 Å². The average Bonchev–Trinajstić information content (AvgIpc) is 2.61. The van der Waals surface area contributed by atoms with Gasteiger partial charge in [0.05, 0.1) is 4.70 Å². The lowest BCUT2D eigenvalue weighted by atomic mass is 10.2. The predicted molar refractivity (Wildman–Crippen MR) is 68.2 cm³/mol. The van der Waals surface area contributed by atoms with E-state index in [2.05, 4.69) is 9.69 Å². The number of hydrogen-bond donors (Lipinski definition) is 1. The number of nitrogens with zero attached hydrogens (tertiary/aromatic N) is 1. The van der Waals surface area contributed by atoms with Gasteiger partial charge in [-0.3, -0.25) is 4.79 Å². The third-order valence-corrected chi connectivity index (χ3v) is 3.23.